The lowest BCUT2D eigenvalue weighted by molar-refractivity contribution is -0.125. The molecule has 3 atom stereocenters. The fourth-order valence-corrected chi connectivity index (χ4v) is 5.98. The van der Waals surface area contributed by atoms with Crippen LogP contribution in [0.3, 0.4) is 0 Å². The van der Waals surface area contributed by atoms with Crippen LogP contribution in [0.15, 0.2) is 17.6 Å². The van der Waals surface area contributed by atoms with Gasteiger partial charge in [-0.25, -0.2) is 0 Å². The van der Waals surface area contributed by atoms with Crippen LogP contribution in [0.2, 0.25) is 0 Å². The van der Waals surface area contributed by atoms with Crippen LogP contribution in [0.5, 0.6) is 0 Å². The topological polar surface area (TPSA) is 48.9 Å². The number of hydrogen-bond donors (Lipinski definition) is 2. The molecule has 0 bridgehead atoms. The minimum absolute atomic E-state index is 0.380. The molecule has 0 radical (unpaired) electrons. The number of piperidine rings is 1. The Labute approximate surface area is 158 Å². The predicted molar refractivity (Wildman–Crippen MR) is 106 cm³/mol. The molecule has 2 saturated carbocycles. The summed E-state index contributed by atoms with van der Waals surface area (Å²) < 4.78 is 6.13. The summed E-state index contributed by atoms with van der Waals surface area (Å²) in [6.45, 7) is 11.1. The van der Waals surface area contributed by atoms with Gasteiger partial charge in [0.2, 0.25) is 0 Å². The molecule has 0 aromatic carbocycles. The van der Waals surface area contributed by atoms with E-state index in [1.807, 2.05) is 6.08 Å². The maximum atomic E-state index is 6.13. The van der Waals surface area contributed by atoms with Gasteiger partial charge < -0.3 is 15.4 Å². The fourth-order valence-electron chi connectivity index (χ4n) is 5.98. The minimum Gasteiger partial charge on any atom is -0.377 e. The molecule has 2 heterocycles. The zero-order valence-corrected chi connectivity index (χ0v) is 16.4. The number of aliphatic imine (C=N–C) groups is 1. The number of fused-ring (bicyclic) bond motifs is 2. The van der Waals surface area contributed by atoms with Crippen molar-refractivity contribution in [3.63, 3.8) is 0 Å². The number of likely N-dealkylation sites (tertiary alicyclic amines) is 1. The van der Waals surface area contributed by atoms with Crippen LogP contribution < -0.4 is 10.6 Å². The molecule has 26 heavy (non-hydrogen) atoms. The van der Waals surface area contributed by atoms with Crippen LogP contribution in [0.4, 0.5) is 0 Å². The number of hydrogen-bond acceptors (Lipinski definition) is 3. The molecule has 1 spiro atoms. The maximum Gasteiger partial charge on any atom is 0.191 e. The highest BCUT2D eigenvalue weighted by atomic mass is 16.5. The first kappa shape index (κ1) is 18.3. The van der Waals surface area contributed by atoms with Gasteiger partial charge in [0.15, 0.2) is 5.96 Å². The van der Waals surface area contributed by atoms with Crippen LogP contribution >= 0.6 is 0 Å². The second kappa shape index (κ2) is 7.89. The van der Waals surface area contributed by atoms with Crippen molar-refractivity contribution in [1.82, 2.24) is 15.5 Å². The Bertz CT molecular complexity index is 520. The molecule has 2 aliphatic heterocycles. The summed E-state index contributed by atoms with van der Waals surface area (Å²) in [4.78, 5) is 7.27. The summed E-state index contributed by atoms with van der Waals surface area (Å²) in [5.74, 6) is 1.72. The van der Waals surface area contributed by atoms with Gasteiger partial charge in [0, 0.05) is 56.2 Å². The molecule has 4 rings (SSSR count). The van der Waals surface area contributed by atoms with Gasteiger partial charge in [-0.2, -0.15) is 0 Å². The number of nitrogens with one attached hydrogen (secondary N) is 2. The van der Waals surface area contributed by atoms with Gasteiger partial charge in [-0.05, 0) is 39.0 Å². The Morgan fingerprint density at radius 1 is 1.23 bits per heavy atom. The summed E-state index contributed by atoms with van der Waals surface area (Å²) in [6.07, 6.45) is 11.5. The lowest BCUT2D eigenvalue weighted by Crippen LogP contribution is -2.69. The largest absolute Gasteiger partial charge is 0.377 e. The number of nitrogens with zero attached hydrogens (tertiary/aromatic N) is 2. The van der Waals surface area contributed by atoms with Crippen molar-refractivity contribution in [3.8, 4) is 0 Å². The third kappa shape index (κ3) is 3.29. The first-order valence-electron chi connectivity index (χ1n) is 10.8. The third-order valence-corrected chi connectivity index (χ3v) is 7.21. The Hall–Kier alpha value is -1.07. The maximum absolute atomic E-state index is 6.13. The molecule has 2 saturated heterocycles. The van der Waals surface area contributed by atoms with Crippen molar-refractivity contribution in [1.29, 1.82) is 0 Å². The average Bonchev–Trinajstić information content (AvgIpc) is 3.30. The van der Waals surface area contributed by atoms with Crippen LogP contribution in [-0.2, 0) is 4.74 Å². The molecule has 0 aromatic heterocycles. The molecule has 146 valence electrons. The summed E-state index contributed by atoms with van der Waals surface area (Å²) in [6, 6.07) is 1.08. The van der Waals surface area contributed by atoms with Crippen LogP contribution in [0.1, 0.15) is 51.9 Å². The van der Waals surface area contributed by atoms with E-state index in [0.29, 0.717) is 29.5 Å². The highest BCUT2D eigenvalue weighted by Gasteiger charge is 2.65. The molecule has 4 aliphatic rings. The van der Waals surface area contributed by atoms with Gasteiger partial charge in [-0.3, -0.25) is 9.89 Å². The van der Waals surface area contributed by atoms with Crippen LogP contribution in [0, 0.1) is 11.3 Å². The highest BCUT2D eigenvalue weighted by Crippen LogP contribution is 2.60. The molecular formula is C21H36N4O. The van der Waals surface area contributed by atoms with Crippen molar-refractivity contribution in [2.45, 2.75) is 70.1 Å². The highest BCUT2D eigenvalue weighted by molar-refractivity contribution is 5.80. The third-order valence-electron chi connectivity index (χ3n) is 7.21. The normalized spacial score (nSPS) is 34.5. The second-order valence-corrected chi connectivity index (χ2v) is 8.64. The molecule has 3 unspecified atom stereocenters. The van der Waals surface area contributed by atoms with Crippen molar-refractivity contribution in [3.05, 3.63) is 12.7 Å². The van der Waals surface area contributed by atoms with Crippen molar-refractivity contribution in [2.24, 2.45) is 16.3 Å². The standard InChI is InChI=1S/C21H36N4O/c1-3-12-25-13-7-16(8-14-25)23-20(22-4-2)24-18-17-9-15-26-19(17)21(18)10-5-6-11-21/h3,16-19H,1,4-15H2,2H3,(H2,22,23,24). The van der Waals surface area contributed by atoms with Gasteiger partial charge in [-0.15, -0.1) is 6.58 Å². The Kier molecular flexibility index (Phi) is 5.55. The van der Waals surface area contributed by atoms with E-state index in [-0.39, 0.29) is 0 Å². The van der Waals surface area contributed by atoms with Gasteiger partial charge in [0.25, 0.3) is 0 Å². The van der Waals surface area contributed by atoms with Crippen molar-refractivity contribution < 1.29 is 4.74 Å². The molecular weight excluding hydrogens is 324 g/mol. The van der Waals surface area contributed by atoms with Gasteiger partial charge >= 0.3 is 0 Å². The molecule has 4 fully saturated rings. The molecule has 0 aromatic rings. The first-order chi connectivity index (χ1) is 12.8. The van der Waals surface area contributed by atoms with E-state index in [4.69, 9.17) is 9.73 Å². The van der Waals surface area contributed by atoms with Gasteiger partial charge in [-0.1, -0.05) is 18.9 Å². The smallest absolute Gasteiger partial charge is 0.191 e. The van der Waals surface area contributed by atoms with E-state index in [1.165, 1.54) is 44.9 Å². The SMILES string of the molecule is C=CCN1CCC(NC(=NCC)NC2C3CCOC3C23CCCC3)CC1. The summed E-state index contributed by atoms with van der Waals surface area (Å²) >= 11 is 0. The van der Waals surface area contributed by atoms with Crippen molar-refractivity contribution in [2.75, 3.05) is 32.8 Å². The van der Waals surface area contributed by atoms with E-state index < -0.39 is 0 Å². The lowest BCUT2D eigenvalue weighted by Gasteiger charge is -2.57. The number of rotatable bonds is 5. The summed E-state index contributed by atoms with van der Waals surface area (Å²) in [5.41, 5.74) is 0.380. The summed E-state index contributed by atoms with van der Waals surface area (Å²) in [5, 5.41) is 7.62. The van der Waals surface area contributed by atoms with Crippen molar-refractivity contribution >= 4 is 5.96 Å². The Morgan fingerprint density at radius 2 is 2.00 bits per heavy atom. The van der Waals surface area contributed by atoms with Gasteiger partial charge in [0.1, 0.15) is 0 Å². The zero-order valence-electron chi connectivity index (χ0n) is 16.4. The number of ether oxygens (including phenoxy) is 1. The van der Waals surface area contributed by atoms with Crippen LogP contribution in [0.25, 0.3) is 0 Å². The van der Waals surface area contributed by atoms with E-state index in [1.54, 1.807) is 0 Å². The molecule has 0 amide bonds. The molecule has 5 heteroatoms. The van der Waals surface area contributed by atoms with Crippen LogP contribution in [-0.4, -0.2) is 61.8 Å². The Balaban J connectivity index is 1.37. The second-order valence-electron chi connectivity index (χ2n) is 8.64. The van der Waals surface area contributed by atoms with E-state index >= 15 is 0 Å². The first-order valence-corrected chi connectivity index (χ1v) is 10.8. The minimum atomic E-state index is 0.380. The monoisotopic (exact) mass is 360 g/mol. The molecule has 5 nitrogen and oxygen atoms in total. The lowest BCUT2D eigenvalue weighted by atomic mass is 9.54. The van der Waals surface area contributed by atoms with E-state index in [9.17, 15) is 0 Å². The zero-order chi connectivity index (χ0) is 18.0. The molecule has 2 N–H and O–H groups in total. The quantitative estimate of drug-likeness (QED) is 0.449. The predicted octanol–water partition coefficient (Wildman–Crippen LogP) is 2.54. The van der Waals surface area contributed by atoms with E-state index in [0.717, 1.165) is 38.7 Å². The fraction of sp³-hybridized carbons (Fsp3) is 0.857. The molecule has 2 aliphatic carbocycles. The van der Waals surface area contributed by atoms with Gasteiger partial charge in [0.05, 0.1) is 6.10 Å². The number of guanidine groups is 1. The average molecular weight is 361 g/mol. The Morgan fingerprint density at radius 3 is 2.69 bits per heavy atom. The summed E-state index contributed by atoms with van der Waals surface area (Å²) in [7, 11) is 0. The van der Waals surface area contributed by atoms with E-state index in [2.05, 4.69) is 29.0 Å².